The highest BCUT2D eigenvalue weighted by Crippen LogP contribution is 2.24. The molecule has 1 aliphatic rings. The van der Waals surface area contributed by atoms with E-state index in [-0.39, 0.29) is 0 Å². The fraction of sp³-hybridized carbons (Fsp3) is 0.818. The molecule has 0 aliphatic heterocycles. The molecule has 0 amide bonds. The maximum Gasteiger partial charge on any atom is 0.140 e. The van der Waals surface area contributed by atoms with Gasteiger partial charge < -0.3 is 0 Å². The predicted molar refractivity (Wildman–Crippen MR) is 64.4 cm³/mol. The lowest BCUT2D eigenvalue weighted by Crippen LogP contribution is -2.35. The van der Waals surface area contributed by atoms with E-state index in [4.69, 9.17) is 11.6 Å². The Kier molecular flexibility index (Phi) is 4.18. The highest BCUT2D eigenvalue weighted by atomic mass is 35.5. The van der Waals surface area contributed by atoms with E-state index in [0.717, 1.165) is 18.9 Å². The minimum atomic E-state index is 0.689. The molecule has 4 nitrogen and oxygen atoms in total. The number of nitrogens with zero attached hydrogens (tertiary/aromatic N) is 4. The number of aryl methyl sites for hydroxylation is 1. The van der Waals surface area contributed by atoms with Gasteiger partial charge in [-0.05, 0) is 12.8 Å². The van der Waals surface area contributed by atoms with E-state index in [1.54, 1.807) is 6.33 Å². The summed E-state index contributed by atoms with van der Waals surface area (Å²) in [6, 6.07) is 0.690. The van der Waals surface area contributed by atoms with Gasteiger partial charge in [-0.25, -0.2) is 4.98 Å². The molecule has 0 atom stereocenters. The molecule has 1 saturated carbocycles. The van der Waals surface area contributed by atoms with Gasteiger partial charge in [-0.15, -0.1) is 11.6 Å². The maximum atomic E-state index is 5.87. The summed E-state index contributed by atoms with van der Waals surface area (Å²) in [6.45, 7) is 1.81. The normalized spacial score (nSPS) is 17.4. The van der Waals surface area contributed by atoms with Crippen LogP contribution in [0.15, 0.2) is 6.33 Å². The van der Waals surface area contributed by atoms with Crippen molar-refractivity contribution >= 4 is 11.6 Å². The highest BCUT2D eigenvalue weighted by molar-refractivity contribution is 6.18. The van der Waals surface area contributed by atoms with Gasteiger partial charge in [0.25, 0.3) is 0 Å². The zero-order chi connectivity index (χ0) is 11.4. The van der Waals surface area contributed by atoms with Crippen LogP contribution in [-0.4, -0.2) is 38.1 Å². The number of halogens is 1. The molecule has 0 bridgehead atoms. The van der Waals surface area contributed by atoms with Crippen molar-refractivity contribution in [2.24, 2.45) is 7.05 Å². The molecule has 0 unspecified atom stereocenters. The second-order valence-corrected chi connectivity index (χ2v) is 4.78. The zero-order valence-electron chi connectivity index (χ0n) is 9.77. The third-order valence-corrected chi connectivity index (χ3v) is 3.53. The third-order valence-electron chi connectivity index (χ3n) is 3.36. The average Bonchev–Trinajstić information content (AvgIpc) is 2.90. The van der Waals surface area contributed by atoms with Gasteiger partial charge in [0, 0.05) is 25.5 Å². The Hall–Kier alpha value is -0.610. The molecular weight excluding hydrogens is 224 g/mol. The number of aromatic nitrogens is 3. The van der Waals surface area contributed by atoms with E-state index in [0.29, 0.717) is 11.9 Å². The van der Waals surface area contributed by atoms with Crippen molar-refractivity contribution in [3.05, 3.63) is 12.2 Å². The van der Waals surface area contributed by atoms with Crippen LogP contribution in [0.1, 0.15) is 31.5 Å². The molecule has 1 aliphatic carbocycles. The summed E-state index contributed by atoms with van der Waals surface area (Å²) in [4.78, 5) is 6.72. The van der Waals surface area contributed by atoms with Crippen LogP contribution in [0.5, 0.6) is 0 Å². The molecular formula is C11H19ClN4. The summed E-state index contributed by atoms with van der Waals surface area (Å²) in [7, 11) is 1.94. The standard InChI is InChI=1S/C11H19ClN4/c1-15-11(13-9-14-15)8-16(7-6-12)10-4-2-3-5-10/h9-10H,2-8H2,1H3. The lowest BCUT2D eigenvalue weighted by Gasteiger charge is -2.27. The SMILES string of the molecule is Cn1ncnc1CN(CCCl)C1CCCC1. The minimum Gasteiger partial charge on any atom is -0.292 e. The van der Waals surface area contributed by atoms with Crippen LogP contribution in [0.2, 0.25) is 0 Å². The first-order chi connectivity index (χ1) is 7.81. The van der Waals surface area contributed by atoms with E-state index < -0.39 is 0 Å². The summed E-state index contributed by atoms with van der Waals surface area (Å²) < 4.78 is 1.84. The van der Waals surface area contributed by atoms with Gasteiger partial charge in [0.15, 0.2) is 0 Å². The molecule has 1 aromatic heterocycles. The molecule has 0 spiro atoms. The van der Waals surface area contributed by atoms with Crippen LogP contribution < -0.4 is 0 Å². The van der Waals surface area contributed by atoms with Crippen molar-refractivity contribution in [2.75, 3.05) is 12.4 Å². The highest BCUT2D eigenvalue weighted by Gasteiger charge is 2.23. The summed E-state index contributed by atoms with van der Waals surface area (Å²) in [5, 5.41) is 4.10. The Balaban J connectivity index is 1.99. The third kappa shape index (κ3) is 2.74. The largest absolute Gasteiger partial charge is 0.292 e. The molecule has 90 valence electrons. The Labute approximate surface area is 102 Å². The van der Waals surface area contributed by atoms with E-state index >= 15 is 0 Å². The number of hydrogen-bond acceptors (Lipinski definition) is 3. The maximum absolute atomic E-state index is 5.87. The minimum absolute atomic E-state index is 0.689. The molecule has 0 radical (unpaired) electrons. The van der Waals surface area contributed by atoms with Crippen molar-refractivity contribution < 1.29 is 0 Å². The van der Waals surface area contributed by atoms with Gasteiger partial charge in [-0.2, -0.15) is 5.10 Å². The van der Waals surface area contributed by atoms with Crippen LogP contribution in [0.25, 0.3) is 0 Å². The van der Waals surface area contributed by atoms with Gasteiger partial charge >= 0.3 is 0 Å². The monoisotopic (exact) mass is 242 g/mol. The van der Waals surface area contributed by atoms with E-state index in [9.17, 15) is 0 Å². The second kappa shape index (κ2) is 5.64. The molecule has 0 saturated heterocycles. The Morgan fingerprint density at radius 3 is 2.81 bits per heavy atom. The second-order valence-electron chi connectivity index (χ2n) is 4.40. The first kappa shape index (κ1) is 11.9. The lowest BCUT2D eigenvalue weighted by molar-refractivity contribution is 0.194. The van der Waals surface area contributed by atoms with Gasteiger partial charge in [0.05, 0.1) is 6.54 Å². The Morgan fingerprint density at radius 1 is 1.50 bits per heavy atom. The summed E-state index contributed by atoms with van der Waals surface area (Å²) >= 11 is 5.87. The van der Waals surface area contributed by atoms with Crippen molar-refractivity contribution in [2.45, 2.75) is 38.3 Å². The molecule has 0 N–H and O–H groups in total. The number of rotatable bonds is 5. The summed E-state index contributed by atoms with van der Waals surface area (Å²) in [6.07, 6.45) is 6.91. The molecule has 2 rings (SSSR count). The Morgan fingerprint density at radius 2 is 2.25 bits per heavy atom. The number of alkyl halides is 1. The molecule has 5 heteroatoms. The molecule has 1 heterocycles. The van der Waals surface area contributed by atoms with Crippen molar-refractivity contribution in [3.63, 3.8) is 0 Å². The molecule has 1 aromatic rings. The van der Waals surface area contributed by atoms with Crippen molar-refractivity contribution in [1.29, 1.82) is 0 Å². The Bertz CT molecular complexity index is 320. The zero-order valence-corrected chi connectivity index (χ0v) is 10.5. The topological polar surface area (TPSA) is 34.0 Å². The van der Waals surface area contributed by atoms with Gasteiger partial charge in [0.1, 0.15) is 12.2 Å². The van der Waals surface area contributed by atoms with Crippen LogP contribution >= 0.6 is 11.6 Å². The van der Waals surface area contributed by atoms with Crippen LogP contribution in [0.3, 0.4) is 0 Å². The van der Waals surface area contributed by atoms with E-state index in [1.807, 2.05) is 11.7 Å². The quantitative estimate of drug-likeness (QED) is 0.739. The molecule has 0 aromatic carbocycles. The summed E-state index contributed by atoms with van der Waals surface area (Å²) in [5.74, 6) is 1.71. The fourth-order valence-electron chi connectivity index (χ4n) is 2.41. The van der Waals surface area contributed by atoms with Gasteiger partial charge in [0.2, 0.25) is 0 Å². The van der Waals surface area contributed by atoms with Gasteiger partial charge in [-0.3, -0.25) is 9.58 Å². The predicted octanol–water partition coefficient (Wildman–Crippen LogP) is 1.80. The van der Waals surface area contributed by atoms with Gasteiger partial charge in [-0.1, -0.05) is 12.8 Å². The van der Waals surface area contributed by atoms with Crippen LogP contribution in [-0.2, 0) is 13.6 Å². The molecule has 1 fully saturated rings. The van der Waals surface area contributed by atoms with Crippen LogP contribution in [0, 0.1) is 0 Å². The smallest absolute Gasteiger partial charge is 0.140 e. The van der Waals surface area contributed by atoms with Crippen molar-refractivity contribution in [3.8, 4) is 0 Å². The van der Waals surface area contributed by atoms with Crippen molar-refractivity contribution in [1.82, 2.24) is 19.7 Å². The lowest BCUT2D eigenvalue weighted by atomic mass is 10.2. The van der Waals surface area contributed by atoms with E-state index in [1.165, 1.54) is 25.7 Å². The van der Waals surface area contributed by atoms with E-state index in [2.05, 4.69) is 15.0 Å². The van der Waals surface area contributed by atoms with Crippen LogP contribution in [0.4, 0.5) is 0 Å². The summed E-state index contributed by atoms with van der Waals surface area (Å²) in [5.41, 5.74) is 0. The molecule has 16 heavy (non-hydrogen) atoms. The number of hydrogen-bond donors (Lipinski definition) is 0. The average molecular weight is 243 g/mol. The first-order valence-electron chi connectivity index (χ1n) is 5.94. The fourth-order valence-corrected chi connectivity index (χ4v) is 2.63. The first-order valence-corrected chi connectivity index (χ1v) is 6.47.